The molecule has 0 unspecified atom stereocenters. The molecule has 1 aromatic heterocycles. The highest BCUT2D eigenvalue weighted by Crippen LogP contribution is 2.32. The van der Waals surface area contributed by atoms with Crippen molar-refractivity contribution in [1.29, 1.82) is 0 Å². The predicted molar refractivity (Wildman–Crippen MR) is 101 cm³/mol. The van der Waals surface area contributed by atoms with E-state index in [0.717, 1.165) is 4.42 Å². The number of halogens is 1. The summed E-state index contributed by atoms with van der Waals surface area (Å²) in [5.74, 6) is 0.649. The van der Waals surface area contributed by atoms with E-state index in [0.29, 0.717) is 22.8 Å². The van der Waals surface area contributed by atoms with Crippen molar-refractivity contribution in [2.24, 2.45) is 5.73 Å². The first-order chi connectivity index (χ1) is 12.4. The van der Waals surface area contributed by atoms with Crippen molar-refractivity contribution < 1.29 is 14.3 Å². The van der Waals surface area contributed by atoms with Crippen molar-refractivity contribution >= 4 is 29.9 Å². The van der Waals surface area contributed by atoms with Crippen LogP contribution in [0.1, 0.15) is 0 Å². The standard InChI is InChI=1S/C16H19ClN4O4S/c1-24-10-3-4-11(13(7-10)25-2)12-8-14(22)19-16(26)20(12)9-15(23)21(17)6-5-18/h3-4,7-8H,5-6,9,18H2,1-2H3,(H,19,22,26). The van der Waals surface area contributed by atoms with Crippen molar-refractivity contribution in [2.75, 3.05) is 27.3 Å². The molecule has 0 aliphatic carbocycles. The first-order valence-electron chi connectivity index (χ1n) is 7.64. The van der Waals surface area contributed by atoms with E-state index < -0.39 is 11.5 Å². The number of H-pyrrole nitrogens is 1. The highest BCUT2D eigenvalue weighted by molar-refractivity contribution is 7.71. The third-order valence-electron chi connectivity index (χ3n) is 3.61. The van der Waals surface area contributed by atoms with Gasteiger partial charge in [0.15, 0.2) is 4.77 Å². The van der Waals surface area contributed by atoms with Crippen LogP contribution in [0, 0.1) is 4.77 Å². The van der Waals surface area contributed by atoms with E-state index in [1.165, 1.54) is 24.9 Å². The molecule has 0 aliphatic rings. The van der Waals surface area contributed by atoms with Crippen LogP contribution in [0.25, 0.3) is 11.3 Å². The van der Waals surface area contributed by atoms with Crippen LogP contribution >= 0.6 is 24.0 Å². The summed E-state index contributed by atoms with van der Waals surface area (Å²) in [7, 11) is 3.03. The average Bonchev–Trinajstić information content (AvgIpc) is 2.63. The molecule has 0 bridgehead atoms. The number of nitrogens with one attached hydrogen (secondary N) is 1. The Bertz CT molecular complexity index is 912. The number of nitrogens with two attached hydrogens (primary N) is 1. The minimum absolute atomic E-state index is 0.0940. The lowest BCUT2D eigenvalue weighted by molar-refractivity contribution is -0.127. The fourth-order valence-corrected chi connectivity index (χ4v) is 2.78. The zero-order chi connectivity index (χ0) is 19.3. The Morgan fingerprint density at radius 3 is 2.69 bits per heavy atom. The number of carbonyl (C=O) groups is 1. The van der Waals surface area contributed by atoms with Gasteiger partial charge >= 0.3 is 0 Å². The smallest absolute Gasteiger partial charge is 0.256 e. The Morgan fingerprint density at radius 1 is 1.35 bits per heavy atom. The molecule has 2 rings (SSSR count). The summed E-state index contributed by atoms with van der Waals surface area (Å²) >= 11 is 11.1. The molecule has 0 aliphatic heterocycles. The normalized spacial score (nSPS) is 10.5. The summed E-state index contributed by atoms with van der Waals surface area (Å²) in [6, 6.07) is 6.46. The van der Waals surface area contributed by atoms with Gasteiger partial charge in [0.2, 0.25) is 0 Å². The zero-order valence-corrected chi connectivity index (χ0v) is 15.9. The molecule has 0 spiro atoms. The summed E-state index contributed by atoms with van der Waals surface area (Å²) in [5.41, 5.74) is 6.03. The predicted octanol–water partition coefficient (Wildman–Crippen LogP) is 1.53. The molecule has 0 saturated heterocycles. The van der Waals surface area contributed by atoms with Gasteiger partial charge in [0, 0.05) is 36.0 Å². The van der Waals surface area contributed by atoms with Crippen molar-refractivity contribution in [3.8, 4) is 22.8 Å². The van der Waals surface area contributed by atoms with Crippen molar-refractivity contribution in [3.05, 3.63) is 39.4 Å². The van der Waals surface area contributed by atoms with Crippen LogP contribution in [0.2, 0.25) is 0 Å². The number of carbonyl (C=O) groups excluding carboxylic acids is 1. The van der Waals surface area contributed by atoms with Crippen molar-refractivity contribution in [2.45, 2.75) is 6.54 Å². The minimum Gasteiger partial charge on any atom is -0.497 e. The van der Waals surface area contributed by atoms with Crippen LogP contribution in [0.3, 0.4) is 0 Å². The summed E-state index contributed by atoms with van der Waals surface area (Å²) in [4.78, 5) is 26.8. The molecule has 0 radical (unpaired) electrons. The summed E-state index contributed by atoms with van der Waals surface area (Å²) in [5, 5.41) is 0. The number of benzene rings is 1. The Kier molecular flexibility index (Phi) is 6.78. The van der Waals surface area contributed by atoms with Gasteiger partial charge in [0.1, 0.15) is 18.0 Å². The average molecular weight is 399 g/mol. The van der Waals surface area contributed by atoms with Gasteiger partial charge < -0.3 is 19.8 Å². The maximum atomic E-state index is 12.3. The van der Waals surface area contributed by atoms with Crippen molar-refractivity contribution in [1.82, 2.24) is 14.0 Å². The number of ether oxygens (including phenoxy) is 2. The second-order valence-corrected chi connectivity index (χ2v) is 6.04. The van der Waals surface area contributed by atoms with Crippen LogP contribution in [0.15, 0.2) is 29.1 Å². The lowest BCUT2D eigenvalue weighted by atomic mass is 10.1. The van der Waals surface area contributed by atoms with E-state index in [1.54, 1.807) is 18.2 Å². The van der Waals surface area contributed by atoms with Crippen LogP contribution in [-0.2, 0) is 11.3 Å². The zero-order valence-electron chi connectivity index (χ0n) is 14.3. The van der Waals surface area contributed by atoms with Gasteiger partial charge in [-0.1, -0.05) is 0 Å². The SMILES string of the molecule is COc1ccc(-c2cc(=O)[nH]c(=S)n2CC(=O)N(Cl)CCN)c(OC)c1. The lowest BCUT2D eigenvalue weighted by Crippen LogP contribution is -2.31. The fourth-order valence-electron chi connectivity index (χ4n) is 2.36. The van der Waals surface area contributed by atoms with Gasteiger partial charge in [-0.15, -0.1) is 0 Å². The Morgan fingerprint density at radius 2 is 2.08 bits per heavy atom. The minimum atomic E-state index is -0.408. The molecule has 0 fully saturated rings. The quantitative estimate of drug-likeness (QED) is 0.541. The maximum Gasteiger partial charge on any atom is 0.256 e. The summed E-state index contributed by atoms with van der Waals surface area (Å²) in [6.07, 6.45) is 0. The molecular weight excluding hydrogens is 380 g/mol. The number of nitrogens with zero attached hydrogens (tertiary/aromatic N) is 2. The van der Waals surface area contributed by atoms with E-state index in [-0.39, 0.29) is 24.4 Å². The van der Waals surface area contributed by atoms with Crippen LogP contribution in [0.5, 0.6) is 11.5 Å². The van der Waals surface area contributed by atoms with E-state index in [4.69, 9.17) is 39.2 Å². The van der Waals surface area contributed by atoms with Crippen LogP contribution in [0.4, 0.5) is 0 Å². The lowest BCUT2D eigenvalue weighted by Gasteiger charge is -2.18. The molecule has 140 valence electrons. The number of rotatable bonds is 7. The summed E-state index contributed by atoms with van der Waals surface area (Å²) < 4.78 is 13.1. The van der Waals surface area contributed by atoms with Gasteiger partial charge in [-0.05, 0) is 24.4 Å². The Hall–Kier alpha value is -2.36. The van der Waals surface area contributed by atoms with E-state index in [1.807, 2.05) is 0 Å². The molecule has 1 amide bonds. The Labute approximate surface area is 160 Å². The van der Waals surface area contributed by atoms with Crippen LogP contribution < -0.4 is 20.8 Å². The molecule has 2 aromatic rings. The fraction of sp³-hybridized carbons (Fsp3) is 0.312. The number of hydrogen-bond acceptors (Lipinski definition) is 6. The number of aromatic amines is 1. The van der Waals surface area contributed by atoms with Crippen molar-refractivity contribution in [3.63, 3.8) is 0 Å². The molecule has 1 aromatic carbocycles. The molecule has 1 heterocycles. The molecule has 0 atom stereocenters. The molecule has 10 heteroatoms. The number of amides is 1. The second-order valence-electron chi connectivity index (χ2n) is 5.24. The molecule has 26 heavy (non-hydrogen) atoms. The number of hydrogen-bond donors (Lipinski definition) is 2. The van der Waals surface area contributed by atoms with Gasteiger partial charge in [-0.3, -0.25) is 19.0 Å². The monoisotopic (exact) mass is 398 g/mol. The molecule has 0 saturated carbocycles. The highest BCUT2D eigenvalue weighted by atomic mass is 35.5. The van der Waals surface area contributed by atoms with E-state index in [9.17, 15) is 9.59 Å². The second kappa shape index (κ2) is 8.84. The summed E-state index contributed by atoms with van der Waals surface area (Å²) in [6.45, 7) is 0.257. The Balaban J connectivity index is 2.58. The first-order valence-corrected chi connectivity index (χ1v) is 8.38. The van der Waals surface area contributed by atoms with Gasteiger partial charge in [0.25, 0.3) is 11.5 Å². The highest BCUT2D eigenvalue weighted by Gasteiger charge is 2.17. The maximum absolute atomic E-state index is 12.3. The van der Waals surface area contributed by atoms with E-state index in [2.05, 4.69) is 4.98 Å². The topological polar surface area (TPSA) is 103 Å². The largest absolute Gasteiger partial charge is 0.497 e. The third kappa shape index (κ3) is 4.43. The van der Waals surface area contributed by atoms with Gasteiger partial charge in [-0.25, -0.2) is 0 Å². The number of methoxy groups -OCH3 is 2. The third-order valence-corrected chi connectivity index (χ3v) is 4.29. The van der Waals surface area contributed by atoms with E-state index >= 15 is 0 Å². The first kappa shape index (κ1) is 20.0. The van der Waals surface area contributed by atoms with Gasteiger partial charge in [0.05, 0.1) is 26.5 Å². The number of aromatic nitrogens is 2. The molecule has 8 nitrogen and oxygen atoms in total. The van der Waals surface area contributed by atoms with Gasteiger partial charge in [-0.2, -0.15) is 0 Å². The van der Waals surface area contributed by atoms with Crippen LogP contribution in [-0.4, -0.2) is 47.2 Å². The molecular formula is C16H19ClN4O4S. The molecule has 3 N–H and O–H groups in total.